The van der Waals surface area contributed by atoms with E-state index in [1.807, 2.05) is 4.90 Å². The second kappa shape index (κ2) is 10.2. The number of hydrogen-bond donors (Lipinski definition) is 2. The third-order valence-electron chi connectivity index (χ3n) is 9.41. The average molecular weight is 604 g/mol. The molecule has 6 heterocycles. The van der Waals surface area contributed by atoms with E-state index >= 15 is 4.39 Å². The van der Waals surface area contributed by atoms with Crippen LogP contribution in [0.25, 0.3) is 32.9 Å². The minimum atomic E-state index is -2.53. The summed E-state index contributed by atoms with van der Waals surface area (Å²) >= 11 is 0. The minimum Gasteiger partial charge on any atom is -0.508 e. The first kappa shape index (κ1) is 24.2. The number of fused-ring (bicyclic) bond motifs is 5. The molecule has 11 heteroatoms. The molecule has 4 aliphatic rings. The number of phenols is 1. The first-order valence-corrected chi connectivity index (χ1v) is 14.8. The van der Waals surface area contributed by atoms with Crippen LogP contribution in [0.1, 0.15) is 41.8 Å². The van der Waals surface area contributed by atoms with Gasteiger partial charge in [-0.15, -0.1) is 6.42 Å². The zero-order valence-electron chi connectivity index (χ0n) is 26.7. The number of rotatable bonds is 5. The van der Waals surface area contributed by atoms with Gasteiger partial charge in [0.1, 0.15) is 41.3 Å². The Bertz CT molecular complexity index is 2000. The summed E-state index contributed by atoms with van der Waals surface area (Å²) in [6.45, 7) is -1.24. The summed E-state index contributed by atoms with van der Waals surface area (Å²) in [5.74, 6) is 0.799. The van der Waals surface area contributed by atoms with Crippen LogP contribution in [0, 0.1) is 24.0 Å². The number of anilines is 1. The summed E-state index contributed by atoms with van der Waals surface area (Å²) in [6, 6.07) is 5.16. The number of phenolic OH excluding ortho intramolecular Hbond substituents is 1. The van der Waals surface area contributed by atoms with E-state index in [0.29, 0.717) is 37.3 Å². The Kier molecular flexibility index (Phi) is 5.62. The number of pyridine rings is 1. The quantitative estimate of drug-likeness (QED) is 0.318. The highest BCUT2D eigenvalue weighted by Gasteiger charge is 2.49. The number of ether oxygens (including phenoxy) is 1. The normalized spacial score (nSPS) is 29.4. The van der Waals surface area contributed by atoms with E-state index in [2.05, 4.69) is 26.2 Å². The van der Waals surface area contributed by atoms with Crippen LogP contribution in [0.2, 0.25) is 0 Å². The van der Waals surface area contributed by atoms with E-state index in [4.69, 9.17) is 15.3 Å². The molecule has 0 radical (unpaired) electrons. The van der Waals surface area contributed by atoms with Gasteiger partial charge in [0.2, 0.25) is 0 Å². The summed E-state index contributed by atoms with van der Waals surface area (Å²) in [7, 11) is 0. The van der Waals surface area contributed by atoms with Gasteiger partial charge in [-0.1, -0.05) is 12.0 Å². The fraction of sp³-hybridized carbons (Fsp3) is 0.424. The predicted molar refractivity (Wildman–Crippen MR) is 160 cm³/mol. The van der Waals surface area contributed by atoms with E-state index in [-0.39, 0.29) is 63.9 Å². The Morgan fingerprint density at radius 3 is 2.82 bits per heavy atom. The maximum atomic E-state index is 16.9. The molecule has 8 rings (SSSR count). The highest BCUT2D eigenvalue weighted by atomic mass is 19.1. The van der Waals surface area contributed by atoms with Crippen LogP contribution in [0.15, 0.2) is 30.5 Å². The SMILES string of the molecule is [2H]C([2H])(Oc1nc(N2C[C@H]3CC[C@@H](C2)N3)c2cnc(-c3cc(O)cc4ccc(F)c(C#C)c34)c(F)c2n1)[C@@]12CCCN1C[C@]([2H])(F)C2. The van der Waals surface area contributed by atoms with Gasteiger partial charge < -0.3 is 20.1 Å². The lowest BCUT2D eigenvalue weighted by molar-refractivity contribution is 0.107. The predicted octanol–water partition coefficient (Wildman–Crippen LogP) is 4.71. The summed E-state index contributed by atoms with van der Waals surface area (Å²) in [4.78, 5) is 17.0. The van der Waals surface area contributed by atoms with Gasteiger partial charge in [0.05, 0.1) is 20.6 Å². The molecule has 4 aromatic rings. The Morgan fingerprint density at radius 2 is 2.02 bits per heavy atom. The van der Waals surface area contributed by atoms with E-state index in [9.17, 15) is 13.9 Å². The maximum Gasteiger partial charge on any atom is 0.319 e. The number of terminal acetylenes is 1. The summed E-state index contributed by atoms with van der Waals surface area (Å²) < 4.78 is 78.7. The second-order valence-corrected chi connectivity index (χ2v) is 12.2. The number of aromatic hydroxyl groups is 1. The average Bonchev–Trinajstić information content (AvgIpc) is 3.66. The number of nitrogens with zero attached hydrogens (tertiary/aromatic N) is 5. The van der Waals surface area contributed by atoms with Crippen molar-refractivity contribution in [3.05, 3.63) is 47.7 Å². The van der Waals surface area contributed by atoms with Crippen molar-refractivity contribution >= 4 is 27.5 Å². The smallest absolute Gasteiger partial charge is 0.319 e. The van der Waals surface area contributed by atoms with Gasteiger partial charge in [-0.2, -0.15) is 9.97 Å². The maximum absolute atomic E-state index is 16.9. The third kappa shape index (κ3) is 4.34. The lowest BCUT2D eigenvalue weighted by Gasteiger charge is -2.34. The molecule has 4 aliphatic heterocycles. The Labute approximate surface area is 256 Å². The minimum absolute atomic E-state index is 0.0474. The number of halogens is 3. The van der Waals surface area contributed by atoms with Crippen molar-refractivity contribution in [1.82, 2.24) is 25.2 Å². The lowest BCUT2D eigenvalue weighted by atomic mass is 9.95. The standard InChI is InChI=1S/C33H31F3N6O2/c1-2-23-26(35)7-4-18-10-22(43)11-24(27(18)23)29-28(36)30-25(13-37-29)31(41-15-20-5-6-21(16-41)38-20)40-32(39-30)44-17-33-8-3-9-42(33)14-19(34)12-33/h1,4,7,10-11,13,19-21,38,43H,3,5-6,8-9,12,14-17H2/t19-,20-,21+,33+/m1/s1/i17D2,19D. The number of alkyl halides is 1. The van der Waals surface area contributed by atoms with E-state index in [1.165, 1.54) is 30.5 Å². The molecule has 0 spiro atoms. The summed E-state index contributed by atoms with van der Waals surface area (Å²) in [6.07, 6.45) is 7.12. The highest BCUT2D eigenvalue weighted by Crippen LogP contribution is 2.42. The van der Waals surface area contributed by atoms with Crippen molar-refractivity contribution in [1.29, 1.82) is 0 Å². The number of aromatic nitrogens is 3. The molecule has 2 bridgehead atoms. The van der Waals surface area contributed by atoms with Crippen molar-refractivity contribution < 1.29 is 27.1 Å². The van der Waals surface area contributed by atoms with Crippen molar-refractivity contribution in [3.8, 4) is 35.4 Å². The number of piperazine rings is 1. The zero-order chi connectivity index (χ0) is 32.9. The molecule has 0 aliphatic carbocycles. The van der Waals surface area contributed by atoms with Crippen LogP contribution in [0.4, 0.5) is 19.0 Å². The van der Waals surface area contributed by atoms with Gasteiger partial charge in [0.15, 0.2) is 5.82 Å². The molecule has 0 amide bonds. The van der Waals surface area contributed by atoms with Crippen molar-refractivity contribution in [2.24, 2.45) is 0 Å². The number of nitrogens with one attached hydrogen (secondary N) is 1. The first-order valence-electron chi connectivity index (χ1n) is 16.3. The second-order valence-electron chi connectivity index (χ2n) is 12.2. The third-order valence-corrected chi connectivity index (χ3v) is 9.41. The lowest BCUT2D eigenvalue weighted by Crippen LogP contribution is -2.51. The van der Waals surface area contributed by atoms with E-state index in [1.54, 1.807) is 4.90 Å². The molecule has 0 saturated carbocycles. The molecule has 4 atom stereocenters. The molecular weight excluding hydrogens is 569 g/mol. The van der Waals surface area contributed by atoms with Gasteiger partial charge in [-0.05, 0) is 55.8 Å². The summed E-state index contributed by atoms with van der Waals surface area (Å²) in [5, 5.41) is 14.9. The first-order chi connectivity index (χ1) is 22.4. The molecule has 8 nitrogen and oxygen atoms in total. The van der Waals surface area contributed by atoms with Crippen molar-refractivity contribution in [2.75, 3.05) is 37.6 Å². The van der Waals surface area contributed by atoms with E-state index in [0.717, 1.165) is 12.8 Å². The molecule has 2 N–H and O–H groups in total. The molecule has 226 valence electrons. The molecule has 2 aromatic heterocycles. The van der Waals surface area contributed by atoms with Crippen LogP contribution in [0.5, 0.6) is 11.8 Å². The van der Waals surface area contributed by atoms with Crippen LogP contribution >= 0.6 is 0 Å². The molecule has 4 saturated heterocycles. The number of benzene rings is 2. The molecule has 2 aromatic carbocycles. The topological polar surface area (TPSA) is 86.6 Å². The molecular formula is C33H31F3N6O2. The Morgan fingerprint density at radius 1 is 1.20 bits per heavy atom. The molecule has 44 heavy (non-hydrogen) atoms. The zero-order valence-corrected chi connectivity index (χ0v) is 23.7. The Hall–Kier alpha value is -4.14. The Balaban J connectivity index is 1.31. The van der Waals surface area contributed by atoms with Crippen LogP contribution in [0.3, 0.4) is 0 Å². The molecule has 0 unspecified atom stereocenters. The largest absolute Gasteiger partial charge is 0.508 e. The van der Waals surface area contributed by atoms with Gasteiger partial charge >= 0.3 is 6.01 Å². The number of hydrogen-bond acceptors (Lipinski definition) is 8. The molecule has 4 fully saturated rings. The van der Waals surface area contributed by atoms with Crippen molar-refractivity contribution in [3.63, 3.8) is 0 Å². The highest BCUT2D eigenvalue weighted by molar-refractivity contribution is 6.03. The van der Waals surface area contributed by atoms with Gasteiger partial charge in [0.25, 0.3) is 0 Å². The van der Waals surface area contributed by atoms with Crippen LogP contribution in [-0.4, -0.2) is 81.5 Å². The van der Waals surface area contributed by atoms with Crippen LogP contribution < -0.4 is 15.0 Å². The fourth-order valence-electron chi connectivity index (χ4n) is 7.46. The van der Waals surface area contributed by atoms with Crippen molar-refractivity contribution in [2.45, 2.75) is 55.9 Å². The summed E-state index contributed by atoms with van der Waals surface area (Å²) in [5.41, 5.74) is -1.97. The van der Waals surface area contributed by atoms with Gasteiger partial charge in [0, 0.05) is 55.3 Å². The van der Waals surface area contributed by atoms with E-state index < -0.39 is 42.3 Å². The fourth-order valence-corrected chi connectivity index (χ4v) is 7.46. The monoisotopic (exact) mass is 603 g/mol. The van der Waals surface area contributed by atoms with Crippen LogP contribution in [-0.2, 0) is 0 Å². The van der Waals surface area contributed by atoms with Gasteiger partial charge in [-0.25, -0.2) is 13.2 Å². The van der Waals surface area contributed by atoms with Gasteiger partial charge in [-0.3, -0.25) is 9.88 Å².